The number of nitrogens with one attached hydrogen (secondary N) is 1. The van der Waals surface area contributed by atoms with Crippen molar-refractivity contribution in [2.75, 3.05) is 20.2 Å². The Kier molecular flexibility index (Phi) is 6.59. The topological polar surface area (TPSA) is 75.7 Å². The zero-order valence-corrected chi connectivity index (χ0v) is 18.0. The molecule has 2 aromatic carbocycles. The first-order valence-electron chi connectivity index (χ1n) is 9.89. The third-order valence-electron chi connectivity index (χ3n) is 5.36. The second-order valence-electron chi connectivity index (χ2n) is 7.38. The number of methoxy groups -OCH3 is 1. The van der Waals surface area contributed by atoms with Crippen molar-refractivity contribution >= 4 is 15.9 Å². The summed E-state index contributed by atoms with van der Waals surface area (Å²) in [6.07, 6.45) is 2.79. The molecule has 1 amide bonds. The summed E-state index contributed by atoms with van der Waals surface area (Å²) in [6.45, 7) is 4.74. The van der Waals surface area contributed by atoms with Crippen LogP contribution in [0.3, 0.4) is 0 Å². The maximum absolute atomic E-state index is 13.0. The quantitative estimate of drug-likeness (QED) is 0.780. The van der Waals surface area contributed by atoms with Gasteiger partial charge in [-0.3, -0.25) is 4.79 Å². The van der Waals surface area contributed by atoms with E-state index in [1.54, 1.807) is 26.2 Å². The van der Waals surface area contributed by atoms with Crippen LogP contribution < -0.4 is 10.1 Å². The number of rotatable bonds is 6. The Balaban J connectivity index is 1.85. The van der Waals surface area contributed by atoms with Gasteiger partial charge in [0.2, 0.25) is 10.0 Å². The number of aryl methyl sites for hydroxylation is 1. The fourth-order valence-corrected chi connectivity index (χ4v) is 5.18. The van der Waals surface area contributed by atoms with Gasteiger partial charge < -0.3 is 10.1 Å². The van der Waals surface area contributed by atoms with Crippen LogP contribution in [0.2, 0.25) is 0 Å². The van der Waals surface area contributed by atoms with Crippen molar-refractivity contribution in [2.45, 2.75) is 44.0 Å². The summed E-state index contributed by atoms with van der Waals surface area (Å²) in [6, 6.07) is 12.0. The first-order valence-corrected chi connectivity index (χ1v) is 11.3. The minimum absolute atomic E-state index is 0.167. The molecule has 1 N–H and O–H groups in total. The van der Waals surface area contributed by atoms with Crippen molar-refractivity contribution in [3.8, 4) is 5.75 Å². The molecule has 1 atom stereocenters. The highest BCUT2D eigenvalue weighted by atomic mass is 32.2. The van der Waals surface area contributed by atoms with Crippen LogP contribution in [-0.4, -0.2) is 38.8 Å². The molecule has 1 heterocycles. The largest absolute Gasteiger partial charge is 0.496 e. The number of piperidine rings is 1. The van der Waals surface area contributed by atoms with Crippen LogP contribution in [0.5, 0.6) is 5.75 Å². The number of carbonyl (C=O) groups excluding carboxylic acids is 1. The number of sulfonamides is 1. The summed E-state index contributed by atoms with van der Waals surface area (Å²) < 4.78 is 32.8. The molecule has 7 heteroatoms. The molecule has 0 aliphatic carbocycles. The number of hydrogen-bond donors (Lipinski definition) is 1. The second kappa shape index (κ2) is 8.97. The van der Waals surface area contributed by atoms with E-state index < -0.39 is 10.0 Å². The Labute approximate surface area is 172 Å². The van der Waals surface area contributed by atoms with Crippen LogP contribution in [0.4, 0.5) is 0 Å². The molecule has 1 aliphatic heterocycles. The molecule has 0 unspecified atom stereocenters. The van der Waals surface area contributed by atoms with E-state index in [1.807, 2.05) is 31.2 Å². The lowest BCUT2D eigenvalue weighted by atomic mass is 10.0. The van der Waals surface area contributed by atoms with Gasteiger partial charge >= 0.3 is 0 Å². The highest BCUT2D eigenvalue weighted by Gasteiger charge is 2.27. The van der Waals surface area contributed by atoms with Gasteiger partial charge in [0, 0.05) is 24.2 Å². The predicted molar refractivity (Wildman–Crippen MR) is 113 cm³/mol. The SMILES string of the molecule is COc1ccccc1[C@H](C)NC(=O)c1cc(S(=O)(=O)N2CCCCC2)ccc1C. The summed E-state index contributed by atoms with van der Waals surface area (Å²) in [5.41, 5.74) is 1.95. The van der Waals surface area contributed by atoms with Gasteiger partial charge in [-0.1, -0.05) is 30.7 Å². The third kappa shape index (κ3) is 4.62. The second-order valence-corrected chi connectivity index (χ2v) is 9.32. The maximum atomic E-state index is 13.0. The minimum Gasteiger partial charge on any atom is -0.496 e. The lowest BCUT2D eigenvalue weighted by molar-refractivity contribution is 0.0938. The molecule has 156 valence electrons. The molecule has 1 aliphatic rings. The highest BCUT2D eigenvalue weighted by molar-refractivity contribution is 7.89. The van der Waals surface area contributed by atoms with Crippen molar-refractivity contribution < 1.29 is 17.9 Å². The zero-order chi connectivity index (χ0) is 21.0. The van der Waals surface area contributed by atoms with E-state index in [0.29, 0.717) is 24.4 Å². The van der Waals surface area contributed by atoms with Crippen molar-refractivity contribution in [3.05, 3.63) is 59.2 Å². The number of nitrogens with zero attached hydrogens (tertiary/aromatic N) is 1. The van der Waals surface area contributed by atoms with Crippen molar-refractivity contribution in [3.63, 3.8) is 0 Å². The van der Waals surface area contributed by atoms with Gasteiger partial charge in [-0.05, 0) is 50.5 Å². The Morgan fingerprint density at radius 3 is 2.48 bits per heavy atom. The van der Waals surface area contributed by atoms with Gasteiger partial charge in [0.05, 0.1) is 18.0 Å². The summed E-state index contributed by atoms with van der Waals surface area (Å²) in [7, 11) is -2.00. The van der Waals surface area contributed by atoms with E-state index in [1.165, 1.54) is 10.4 Å². The van der Waals surface area contributed by atoms with Crippen LogP contribution >= 0.6 is 0 Å². The number of amides is 1. The molecule has 0 bridgehead atoms. The van der Waals surface area contributed by atoms with Crippen LogP contribution in [0.1, 0.15) is 53.7 Å². The van der Waals surface area contributed by atoms with Crippen LogP contribution in [0.25, 0.3) is 0 Å². The van der Waals surface area contributed by atoms with Crippen molar-refractivity contribution in [1.29, 1.82) is 0 Å². The summed E-state index contributed by atoms with van der Waals surface area (Å²) >= 11 is 0. The molecule has 0 radical (unpaired) electrons. The average Bonchev–Trinajstić information content (AvgIpc) is 2.74. The van der Waals surface area contributed by atoms with E-state index in [9.17, 15) is 13.2 Å². The van der Waals surface area contributed by atoms with E-state index >= 15 is 0 Å². The molecule has 1 fully saturated rings. The van der Waals surface area contributed by atoms with Crippen LogP contribution in [0, 0.1) is 6.92 Å². The van der Waals surface area contributed by atoms with E-state index in [4.69, 9.17) is 4.74 Å². The molecule has 29 heavy (non-hydrogen) atoms. The van der Waals surface area contributed by atoms with Crippen molar-refractivity contribution in [2.24, 2.45) is 0 Å². The molecule has 2 aromatic rings. The fraction of sp³-hybridized carbons (Fsp3) is 0.409. The van der Waals surface area contributed by atoms with Crippen molar-refractivity contribution in [1.82, 2.24) is 9.62 Å². The van der Waals surface area contributed by atoms with Gasteiger partial charge in [-0.2, -0.15) is 4.31 Å². The Bertz CT molecular complexity index is 982. The number of ether oxygens (including phenoxy) is 1. The molecular weight excluding hydrogens is 388 g/mol. The molecule has 3 rings (SSSR count). The molecule has 0 spiro atoms. The van der Waals surface area contributed by atoms with Gasteiger partial charge in [-0.25, -0.2) is 8.42 Å². The Morgan fingerprint density at radius 2 is 1.79 bits per heavy atom. The summed E-state index contributed by atoms with van der Waals surface area (Å²) in [4.78, 5) is 13.1. The standard InChI is InChI=1S/C22H28N2O4S/c1-16-11-12-18(29(26,27)24-13-7-4-8-14-24)15-20(16)22(25)23-17(2)19-9-5-6-10-21(19)28-3/h5-6,9-12,15,17H,4,7-8,13-14H2,1-3H3,(H,23,25)/t17-/m0/s1. The maximum Gasteiger partial charge on any atom is 0.252 e. The molecule has 1 saturated heterocycles. The average molecular weight is 417 g/mol. The lowest BCUT2D eigenvalue weighted by Crippen LogP contribution is -2.35. The van der Waals surface area contributed by atoms with E-state index in [-0.39, 0.29) is 16.8 Å². The van der Waals surface area contributed by atoms with E-state index in [2.05, 4.69) is 5.32 Å². The van der Waals surface area contributed by atoms with Gasteiger partial charge in [0.25, 0.3) is 5.91 Å². The van der Waals surface area contributed by atoms with E-state index in [0.717, 1.165) is 30.4 Å². The molecule has 6 nitrogen and oxygen atoms in total. The molecular formula is C22H28N2O4S. The highest BCUT2D eigenvalue weighted by Crippen LogP contribution is 2.26. The Hall–Kier alpha value is -2.38. The normalized spacial score (nSPS) is 16.2. The number of benzene rings is 2. The van der Waals surface area contributed by atoms with Gasteiger partial charge in [0.1, 0.15) is 5.75 Å². The first kappa shape index (κ1) is 21.3. The lowest BCUT2D eigenvalue weighted by Gasteiger charge is -2.26. The number of hydrogen-bond acceptors (Lipinski definition) is 4. The van der Waals surface area contributed by atoms with Crippen LogP contribution in [-0.2, 0) is 10.0 Å². The summed E-state index contributed by atoms with van der Waals surface area (Å²) in [5, 5.41) is 2.96. The molecule has 0 aromatic heterocycles. The number of carbonyl (C=O) groups is 1. The van der Waals surface area contributed by atoms with Gasteiger partial charge in [-0.15, -0.1) is 0 Å². The minimum atomic E-state index is -3.59. The van der Waals surface area contributed by atoms with Crippen LogP contribution in [0.15, 0.2) is 47.4 Å². The third-order valence-corrected chi connectivity index (χ3v) is 7.25. The monoisotopic (exact) mass is 416 g/mol. The fourth-order valence-electron chi connectivity index (χ4n) is 3.64. The Morgan fingerprint density at radius 1 is 1.10 bits per heavy atom. The van der Waals surface area contributed by atoms with Gasteiger partial charge in [0.15, 0.2) is 0 Å². The summed E-state index contributed by atoms with van der Waals surface area (Å²) in [5.74, 6) is 0.384. The smallest absolute Gasteiger partial charge is 0.252 e. The number of para-hydroxylation sites is 1. The first-order chi connectivity index (χ1) is 13.8. The zero-order valence-electron chi connectivity index (χ0n) is 17.1. The predicted octanol–water partition coefficient (Wildman–Crippen LogP) is 3.67. The molecule has 0 saturated carbocycles.